The van der Waals surface area contributed by atoms with E-state index >= 15 is 0 Å². The molecule has 1 aliphatic carbocycles. The summed E-state index contributed by atoms with van der Waals surface area (Å²) in [7, 11) is 0. The molecule has 2 aliphatic rings. The average Bonchev–Trinajstić information content (AvgIpc) is 2.83. The van der Waals surface area contributed by atoms with Crippen LogP contribution in [-0.4, -0.2) is 29.1 Å². The van der Waals surface area contributed by atoms with E-state index in [1.807, 2.05) is 16.8 Å². The number of nitrogens with zero attached hydrogens (tertiary/aromatic N) is 1. The van der Waals surface area contributed by atoms with Crippen molar-refractivity contribution in [1.82, 2.24) is 10.2 Å². The molecular formula is C13H15F3N2OS. The highest BCUT2D eigenvalue weighted by Crippen LogP contribution is 2.46. The third kappa shape index (κ3) is 2.56. The van der Waals surface area contributed by atoms with Crippen molar-refractivity contribution in [3.8, 4) is 0 Å². The molecule has 0 radical (unpaired) electrons. The van der Waals surface area contributed by atoms with E-state index in [0.717, 1.165) is 18.4 Å². The molecule has 1 amide bonds. The van der Waals surface area contributed by atoms with E-state index in [1.54, 1.807) is 4.90 Å². The van der Waals surface area contributed by atoms with Crippen LogP contribution in [0.1, 0.15) is 37.4 Å². The van der Waals surface area contributed by atoms with Gasteiger partial charge in [0.2, 0.25) is 5.91 Å². The van der Waals surface area contributed by atoms with E-state index in [-0.39, 0.29) is 25.0 Å². The normalized spacial score (nSPS) is 24.6. The molecule has 1 aromatic rings. The zero-order valence-electron chi connectivity index (χ0n) is 10.7. The van der Waals surface area contributed by atoms with Gasteiger partial charge < -0.3 is 4.90 Å². The van der Waals surface area contributed by atoms with Crippen molar-refractivity contribution in [2.45, 2.75) is 43.6 Å². The Morgan fingerprint density at radius 1 is 1.45 bits per heavy atom. The lowest BCUT2D eigenvalue weighted by molar-refractivity contribution is -0.140. The van der Waals surface area contributed by atoms with Crippen LogP contribution in [0.4, 0.5) is 13.2 Å². The maximum absolute atomic E-state index is 12.3. The van der Waals surface area contributed by atoms with Crippen LogP contribution in [0.15, 0.2) is 16.8 Å². The van der Waals surface area contributed by atoms with Gasteiger partial charge in [-0.3, -0.25) is 10.1 Å². The molecule has 2 fully saturated rings. The van der Waals surface area contributed by atoms with E-state index in [0.29, 0.717) is 0 Å². The Hall–Kier alpha value is -1.08. The van der Waals surface area contributed by atoms with Gasteiger partial charge in [-0.05, 0) is 41.7 Å². The van der Waals surface area contributed by atoms with Crippen molar-refractivity contribution in [2.24, 2.45) is 0 Å². The first-order valence-electron chi connectivity index (χ1n) is 6.59. The van der Waals surface area contributed by atoms with Gasteiger partial charge in [0.25, 0.3) is 0 Å². The van der Waals surface area contributed by atoms with Gasteiger partial charge in [0.05, 0.1) is 0 Å². The van der Waals surface area contributed by atoms with Crippen LogP contribution >= 0.6 is 11.3 Å². The van der Waals surface area contributed by atoms with Gasteiger partial charge in [-0.1, -0.05) is 0 Å². The third-order valence-electron chi connectivity index (χ3n) is 3.86. The lowest BCUT2D eigenvalue weighted by atomic mass is 10.2. The number of amides is 1. The van der Waals surface area contributed by atoms with Gasteiger partial charge in [0.1, 0.15) is 11.7 Å². The van der Waals surface area contributed by atoms with Gasteiger partial charge in [-0.25, -0.2) is 0 Å². The molecule has 1 N–H and O–H groups in total. The van der Waals surface area contributed by atoms with Crippen molar-refractivity contribution in [3.63, 3.8) is 0 Å². The van der Waals surface area contributed by atoms with Gasteiger partial charge in [0.15, 0.2) is 0 Å². The average molecular weight is 304 g/mol. The molecule has 2 heterocycles. The van der Waals surface area contributed by atoms with Gasteiger partial charge in [-0.15, -0.1) is 0 Å². The van der Waals surface area contributed by atoms with Crippen LogP contribution in [0, 0.1) is 0 Å². The molecule has 110 valence electrons. The molecule has 0 bridgehead atoms. The molecule has 20 heavy (non-hydrogen) atoms. The summed E-state index contributed by atoms with van der Waals surface area (Å²) >= 11 is 1.52. The molecule has 1 unspecified atom stereocenters. The summed E-state index contributed by atoms with van der Waals surface area (Å²) in [6.45, 7) is 0.146. The lowest BCUT2D eigenvalue weighted by Gasteiger charge is -2.23. The van der Waals surface area contributed by atoms with E-state index in [4.69, 9.17) is 0 Å². The number of hydrogen-bond donors (Lipinski definition) is 1. The number of carbonyl (C=O) groups is 1. The Bertz CT molecular complexity index is 496. The first-order chi connectivity index (χ1) is 9.41. The number of halogens is 3. The first-order valence-corrected chi connectivity index (χ1v) is 7.53. The monoisotopic (exact) mass is 304 g/mol. The number of rotatable bonds is 4. The minimum atomic E-state index is -4.16. The minimum Gasteiger partial charge on any atom is -0.321 e. The van der Waals surface area contributed by atoms with Gasteiger partial charge in [-0.2, -0.15) is 24.5 Å². The summed E-state index contributed by atoms with van der Waals surface area (Å²) < 4.78 is 36.7. The summed E-state index contributed by atoms with van der Waals surface area (Å²) in [4.78, 5) is 13.9. The highest BCUT2D eigenvalue weighted by atomic mass is 32.1. The number of hydrogen-bond acceptors (Lipinski definition) is 3. The largest absolute Gasteiger partial charge is 0.389 e. The highest BCUT2D eigenvalue weighted by Gasteiger charge is 2.59. The standard InChI is InChI=1S/C13H15F3N2OS/c14-13(15,16)3-1-6-18-10(9-2-7-20-8-9)17-12(4-5-12)11(18)19/h2,7-8,10,17H,1,3-6H2. The van der Waals surface area contributed by atoms with E-state index in [2.05, 4.69) is 5.32 Å². The van der Waals surface area contributed by atoms with Crippen LogP contribution in [-0.2, 0) is 4.79 Å². The van der Waals surface area contributed by atoms with Crippen LogP contribution < -0.4 is 5.32 Å². The fourth-order valence-corrected chi connectivity index (χ4v) is 3.33. The van der Waals surface area contributed by atoms with Crippen molar-refractivity contribution >= 4 is 17.2 Å². The van der Waals surface area contributed by atoms with Crippen molar-refractivity contribution in [2.75, 3.05) is 6.54 Å². The second-order valence-corrected chi connectivity index (χ2v) is 6.18. The maximum atomic E-state index is 12.3. The Kier molecular flexibility index (Phi) is 3.29. The quantitative estimate of drug-likeness (QED) is 0.927. The van der Waals surface area contributed by atoms with Gasteiger partial charge >= 0.3 is 6.18 Å². The first kappa shape index (κ1) is 13.9. The van der Waals surface area contributed by atoms with Crippen LogP contribution in [0.2, 0.25) is 0 Å². The Labute approximate surface area is 118 Å². The number of carbonyl (C=O) groups excluding carboxylic acids is 1. The number of nitrogens with one attached hydrogen (secondary N) is 1. The SMILES string of the molecule is O=C1N(CCCC(F)(F)F)C(c2ccsc2)NC12CC2. The van der Waals surface area contributed by atoms with Crippen molar-refractivity contribution < 1.29 is 18.0 Å². The van der Waals surface area contributed by atoms with Gasteiger partial charge in [0, 0.05) is 13.0 Å². The molecule has 1 atom stereocenters. The maximum Gasteiger partial charge on any atom is 0.389 e. The Morgan fingerprint density at radius 3 is 2.75 bits per heavy atom. The highest BCUT2D eigenvalue weighted by molar-refractivity contribution is 7.07. The van der Waals surface area contributed by atoms with Crippen LogP contribution in [0.25, 0.3) is 0 Å². The molecule has 3 nitrogen and oxygen atoms in total. The van der Waals surface area contributed by atoms with E-state index < -0.39 is 18.1 Å². The molecule has 1 aliphatic heterocycles. The zero-order chi connectivity index (χ0) is 14.4. The second kappa shape index (κ2) is 4.73. The molecular weight excluding hydrogens is 289 g/mol. The smallest absolute Gasteiger partial charge is 0.321 e. The summed E-state index contributed by atoms with van der Waals surface area (Å²) in [6, 6.07) is 1.91. The predicted molar refractivity (Wildman–Crippen MR) is 69.2 cm³/mol. The fraction of sp³-hybridized carbons (Fsp3) is 0.615. The number of alkyl halides is 3. The zero-order valence-corrected chi connectivity index (χ0v) is 11.6. The fourth-order valence-electron chi connectivity index (χ4n) is 2.65. The minimum absolute atomic E-state index is 0.0455. The predicted octanol–water partition coefficient (Wildman–Crippen LogP) is 3.05. The number of thiophene rings is 1. The topological polar surface area (TPSA) is 32.3 Å². The molecule has 0 aromatic carbocycles. The van der Waals surface area contributed by atoms with Crippen molar-refractivity contribution in [3.05, 3.63) is 22.4 Å². The summed E-state index contributed by atoms with van der Waals surface area (Å²) in [5.41, 5.74) is 0.462. The van der Waals surface area contributed by atoms with Crippen molar-refractivity contribution in [1.29, 1.82) is 0 Å². The summed E-state index contributed by atoms with van der Waals surface area (Å²) in [5.74, 6) is -0.0455. The summed E-state index contributed by atoms with van der Waals surface area (Å²) in [5, 5.41) is 7.14. The molecule has 1 saturated heterocycles. The molecule has 1 aromatic heterocycles. The van der Waals surface area contributed by atoms with E-state index in [1.165, 1.54) is 11.3 Å². The van der Waals surface area contributed by atoms with Crippen LogP contribution in [0.3, 0.4) is 0 Å². The summed E-state index contributed by atoms with van der Waals surface area (Å²) in [6.07, 6.45) is -3.77. The molecule has 1 saturated carbocycles. The third-order valence-corrected chi connectivity index (χ3v) is 4.56. The lowest BCUT2D eigenvalue weighted by Crippen LogP contribution is -2.33. The van der Waals surface area contributed by atoms with Crippen LogP contribution in [0.5, 0.6) is 0 Å². The second-order valence-electron chi connectivity index (χ2n) is 5.40. The van der Waals surface area contributed by atoms with E-state index in [9.17, 15) is 18.0 Å². The Balaban J connectivity index is 1.70. The Morgan fingerprint density at radius 2 is 2.20 bits per heavy atom. The molecule has 3 rings (SSSR count). The molecule has 7 heteroatoms. The molecule has 1 spiro atoms.